The number of carbonyl (C=O) groups excluding carboxylic acids is 6. The SMILES string of the molecule is CCCC[C@H](NC(=O)[C@H](CO)NC(=O)[C@H](CCCC)N(C)C(=O)[C@@H](CO)NC(=O)[C@@H](CO)NC(=O)C1(O)CC(O)C(O)C(O)C1)C(=O)NCC. The predicted molar refractivity (Wildman–Crippen MR) is 175 cm³/mol. The monoisotopic (exact) mass is 720 g/mol. The summed E-state index contributed by atoms with van der Waals surface area (Å²) >= 11 is 0. The predicted octanol–water partition coefficient (Wildman–Crippen LogP) is -5.15. The van der Waals surface area contributed by atoms with E-state index >= 15 is 0 Å². The normalized spacial score (nSPS) is 23.3. The lowest BCUT2D eigenvalue weighted by atomic mass is 9.79. The summed E-state index contributed by atoms with van der Waals surface area (Å²) in [6.07, 6.45) is -3.53. The number of likely N-dealkylation sites (N-methyl/N-ethyl adjacent to an activating group) is 2. The molecular formula is C31H56N6O13. The van der Waals surface area contributed by atoms with Crippen molar-refractivity contribution in [1.29, 1.82) is 0 Å². The number of rotatable bonds is 21. The van der Waals surface area contributed by atoms with Crippen molar-refractivity contribution in [3.05, 3.63) is 0 Å². The first-order valence-corrected chi connectivity index (χ1v) is 16.9. The minimum atomic E-state index is -2.42. The lowest BCUT2D eigenvalue weighted by Gasteiger charge is -2.39. The number of nitrogens with one attached hydrogen (secondary N) is 5. The molecule has 1 fully saturated rings. The molecule has 0 aromatic rings. The van der Waals surface area contributed by atoms with E-state index in [2.05, 4.69) is 26.6 Å². The van der Waals surface area contributed by atoms with Crippen LogP contribution in [0.15, 0.2) is 0 Å². The van der Waals surface area contributed by atoms with Gasteiger partial charge in [0.15, 0.2) is 0 Å². The molecule has 288 valence electrons. The first kappa shape index (κ1) is 44.6. The maximum absolute atomic E-state index is 13.5. The minimum absolute atomic E-state index is 0.0781. The third-order valence-electron chi connectivity index (χ3n) is 8.50. The van der Waals surface area contributed by atoms with E-state index in [0.717, 1.165) is 11.3 Å². The number of carbonyl (C=O) groups is 6. The van der Waals surface area contributed by atoms with Crippen LogP contribution in [-0.4, -0.2) is 164 Å². The van der Waals surface area contributed by atoms with Crippen LogP contribution in [0.4, 0.5) is 0 Å². The van der Waals surface area contributed by atoms with Crippen molar-refractivity contribution in [3.63, 3.8) is 0 Å². The highest BCUT2D eigenvalue weighted by Crippen LogP contribution is 2.29. The van der Waals surface area contributed by atoms with Crippen LogP contribution in [0, 0.1) is 0 Å². The van der Waals surface area contributed by atoms with Gasteiger partial charge in [-0.05, 0) is 19.8 Å². The molecule has 6 amide bonds. The highest BCUT2D eigenvalue weighted by atomic mass is 16.4. The van der Waals surface area contributed by atoms with Crippen molar-refractivity contribution in [3.8, 4) is 0 Å². The van der Waals surface area contributed by atoms with E-state index in [1.807, 2.05) is 13.8 Å². The van der Waals surface area contributed by atoms with Gasteiger partial charge in [-0.25, -0.2) is 0 Å². The van der Waals surface area contributed by atoms with E-state index in [0.29, 0.717) is 32.2 Å². The Bertz CT molecular complexity index is 1130. The van der Waals surface area contributed by atoms with Gasteiger partial charge in [-0.2, -0.15) is 0 Å². The van der Waals surface area contributed by atoms with E-state index in [1.54, 1.807) is 6.92 Å². The zero-order valence-electron chi connectivity index (χ0n) is 29.1. The van der Waals surface area contributed by atoms with Crippen LogP contribution in [-0.2, 0) is 28.8 Å². The number of hydrogen-bond acceptors (Lipinski definition) is 13. The van der Waals surface area contributed by atoms with Crippen LogP contribution in [0.3, 0.4) is 0 Å². The lowest BCUT2D eigenvalue weighted by Crippen LogP contribution is -2.63. The summed E-state index contributed by atoms with van der Waals surface area (Å²) in [5, 5.41) is 81.7. The van der Waals surface area contributed by atoms with Crippen LogP contribution < -0.4 is 26.6 Å². The van der Waals surface area contributed by atoms with Crippen LogP contribution in [0.2, 0.25) is 0 Å². The number of amides is 6. The number of unbranched alkanes of at least 4 members (excludes halogenated alkanes) is 2. The van der Waals surface area contributed by atoms with E-state index in [-0.39, 0.29) is 6.42 Å². The first-order chi connectivity index (χ1) is 23.5. The van der Waals surface area contributed by atoms with Gasteiger partial charge in [-0.15, -0.1) is 0 Å². The summed E-state index contributed by atoms with van der Waals surface area (Å²) in [6, 6.07) is -7.12. The maximum atomic E-state index is 13.5. The molecule has 0 heterocycles. The molecule has 12 N–H and O–H groups in total. The summed E-state index contributed by atoms with van der Waals surface area (Å²) in [5.41, 5.74) is -2.42. The second-order valence-corrected chi connectivity index (χ2v) is 12.5. The second kappa shape index (κ2) is 21.7. The van der Waals surface area contributed by atoms with E-state index in [1.165, 1.54) is 7.05 Å². The Morgan fingerprint density at radius 1 is 0.680 bits per heavy atom. The number of aliphatic hydroxyl groups excluding tert-OH is 6. The Kier molecular flexibility index (Phi) is 19.3. The Morgan fingerprint density at radius 2 is 1.14 bits per heavy atom. The average molecular weight is 721 g/mol. The van der Waals surface area contributed by atoms with Gasteiger partial charge in [0.25, 0.3) is 5.91 Å². The van der Waals surface area contributed by atoms with Crippen LogP contribution in [0.5, 0.6) is 0 Å². The molecule has 50 heavy (non-hydrogen) atoms. The third kappa shape index (κ3) is 12.7. The number of hydrogen-bond donors (Lipinski definition) is 12. The van der Waals surface area contributed by atoms with Crippen molar-refractivity contribution >= 4 is 35.4 Å². The van der Waals surface area contributed by atoms with Crippen LogP contribution in [0.25, 0.3) is 0 Å². The molecule has 19 nitrogen and oxygen atoms in total. The van der Waals surface area contributed by atoms with Gasteiger partial charge < -0.3 is 67.2 Å². The zero-order valence-corrected chi connectivity index (χ0v) is 29.1. The molecule has 0 aliphatic heterocycles. The molecule has 0 saturated heterocycles. The first-order valence-electron chi connectivity index (χ1n) is 16.9. The average Bonchev–Trinajstić information content (AvgIpc) is 3.08. The van der Waals surface area contributed by atoms with Crippen molar-refractivity contribution in [1.82, 2.24) is 31.5 Å². The summed E-state index contributed by atoms with van der Waals surface area (Å²) in [7, 11) is 1.22. The maximum Gasteiger partial charge on any atom is 0.252 e. The standard InChI is InChI=1S/C31H56N6O13/c1-5-8-10-17(25(44)32-7-3)33-26(45)18(14-38)34-28(47)21(11-9-6-2)37(4)29(48)20(16-40)35-27(46)19(15-39)36-30(49)31(50)12-22(41)24(43)23(42)13-31/h17-24,38-43,50H,5-16H2,1-4H3,(H,32,44)(H,33,45)(H,34,47)(H,35,46)(H,36,49)/t17-,18-,19+,20+,21-,22?,23?,24?,31?/m0/s1. The fraction of sp³-hybridized carbons (Fsp3) is 0.806. The van der Waals surface area contributed by atoms with Crippen molar-refractivity contribution in [2.24, 2.45) is 0 Å². The third-order valence-corrected chi connectivity index (χ3v) is 8.50. The highest BCUT2D eigenvalue weighted by Gasteiger charge is 2.49. The summed E-state index contributed by atoms with van der Waals surface area (Å²) < 4.78 is 0. The molecule has 0 spiro atoms. The fourth-order valence-corrected chi connectivity index (χ4v) is 5.41. The van der Waals surface area contributed by atoms with Crippen molar-refractivity contribution < 1.29 is 64.5 Å². The molecule has 7 atom stereocenters. The van der Waals surface area contributed by atoms with E-state index in [4.69, 9.17) is 0 Å². The van der Waals surface area contributed by atoms with Gasteiger partial charge in [0.05, 0.1) is 32.0 Å². The van der Waals surface area contributed by atoms with E-state index in [9.17, 15) is 64.5 Å². The van der Waals surface area contributed by atoms with Crippen molar-refractivity contribution in [2.45, 2.75) is 126 Å². The molecule has 0 radical (unpaired) electrons. The van der Waals surface area contributed by atoms with Crippen molar-refractivity contribution in [2.75, 3.05) is 33.4 Å². The number of aliphatic hydroxyl groups is 7. The number of nitrogens with zero attached hydrogens (tertiary/aromatic N) is 1. The molecule has 19 heteroatoms. The molecule has 1 aliphatic rings. The van der Waals surface area contributed by atoms with Gasteiger partial charge in [0, 0.05) is 26.4 Å². The van der Waals surface area contributed by atoms with Gasteiger partial charge in [-0.1, -0.05) is 39.5 Å². The lowest BCUT2D eigenvalue weighted by molar-refractivity contribution is -0.174. The topological polar surface area (TPSA) is 307 Å². The highest BCUT2D eigenvalue weighted by molar-refractivity contribution is 5.97. The fourth-order valence-electron chi connectivity index (χ4n) is 5.41. The summed E-state index contributed by atoms with van der Waals surface area (Å²) in [6.45, 7) is 2.93. The molecule has 1 saturated carbocycles. The van der Waals surface area contributed by atoms with Gasteiger partial charge >= 0.3 is 0 Å². The molecule has 1 rings (SSSR count). The van der Waals surface area contributed by atoms with Gasteiger partial charge in [0.2, 0.25) is 29.5 Å². The second-order valence-electron chi connectivity index (χ2n) is 12.5. The largest absolute Gasteiger partial charge is 0.394 e. The minimum Gasteiger partial charge on any atom is -0.394 e. The quantitative estimate of drug-likeness (QED) is 0.0529. The van der Waals surface area contributed by atoms with Crippen LogP contribution in [0.1, 0.15) is 72.1 Å². The smallest absolute Gasteiger partial charge is 0.252 e. The Labute approximate surface area is 291 Å². The Hall–Kier alpha value is -3.46. The molecular weight excluding hydrogens is 664 g/mol. The molecule has 0 aromatic heterocycles. The molecule has 0 bridgehead atoms. The summed E-state index contributed by atoms with van der Waals surface area (Å²) in [5.74, 6) is -5.49. The summed E-state index contributed by atoms with van der Waals surface area (Å²) in [4.78, 5) is 79.1. The van der Waals surface area contributed by atoms with Crippen LogP contribution >= 0.6 is 0 Å². The van der Waals surface area contributed by atoms with E-state index < -0.39 is 122 Å². The Balaban J connectivity index is 3.06. The van der Waals surface area contributed by atoms with Gasteiger partial charge in [-0.3, -0.25) is 28.8 Å². The zero-order chi connectivity index (χ0) is 38.2. The molecule has 1 aliphatic carbocycles. The molecule has 0 aromatic carbocycles. The molecule has 2 unspecified atom stereocenters. The van der Waals surface area contributed by atoms with Gasteiger partial charge in [0.1, 0.15) is 41.9 Å². The Morgan fingerprint density at radius 3 is 1.62 bits per heavy atom.